The summed E-state index contributed by atoms with van der Waals surface area (Å²) in [5.41, 5.74) is 0.941. The van der Waals surface area contributed by atoms with E-state index in [1.54, 1.807) is 0 Å². The van der Waals surface area contributed by atoms with Crippen molar-refractivity contribution in [2.45, 2.75) is 34.1 Å². The van der Waals surface area contributed by atoms with E-state index in [9.17, 15) is 8.42 Å². The molecule has 0 atom stereocenters. The van der Waals surface area contributed by atoms with Gasteiger partial charge in [-0.2, -0.15) is 0 Å². The highest BCUT2D eigenvalue weighted by atomic mass is 32.2. The Balaban J connectivity index is 2.61. The fourth-order valence-corrected chi connectivity index (χ4v) is 3.34. The lowest BCUT2D eigenvalue weighted by Crippen LogP contribution is -2.41. The maximum absolute atomic E-state index is 11.4. The normalized spacial score (nSPS) is 12.7. The van der Waals surface area contributed by atoms with Gasteiger partial charge in [0, 0.05) is 26.4 Å². The van der Waals surface area contributed by atoms with E-state index in [4.69, 9.17) is 9.73 Å². The van der Waals surface area contributed by atoms with E-state index in [-0.39, 0.29) is 11.2 Å². The minimum absolute atomic E-state index is 0.178. The number of nitrogens with one attached hydrogen (secondary N) is 1. The van der Waals surface area contributed by atoms with E-state index in [2.05, 4.69) is 5.32 Å². The van der Waals surface area contributed by atoms with Crippen LogP contribution >= 0.6 is 0 Å². The van der Waals surface area contributed by atoms with E-state index in [0.29, 0.717) is 26.1 Å². The summed E-state index contributed by atoms with van der Waals surface area (Å²) < 4.78 is 28.7. The van der Waals surface area contributed by atoms with Gasteiger partial charge in [0.1, 0.15) is 22.2 Å². The molecular formula is C20H35N3O3S. The summed E-state index contributed by atoms with van der Waals surface area (Å²) in [7, 11) is -0.977. The number of rotatable bonds is 10. The van der Waals surface area contributed by atoms with Crippen LogP contribution < -0.4 is 10.1 Å². The number of likely N-dealkylation sites (N-methyl/N-ethyl adjacent to an activating group) is 1. The van der Waals surface area contributed by atoms with Crippen LogP contribution in [0.15, 0.2) is 29.3 Å². The van der Waals surface area contributed by atoms with Gasteiger partial charge in [-0.1, -0.05) is 32.0 Å². The predicted octanol–water partition coefficient (Wildman–Crippen LogP) is 2.73. The standard InChI is InChI=1S/C20H35N3O3S/c1-7-21-19(22-16-20(3,4)12-15-27(6,24)25)23(5)13-14-26-18-11-9-8-10-17(18)2/h8-11H,7,12-16H2,1-6H3,(H,21,22). The molecule has 0 fully saturated rings. The summed E-state index contributed by atoms with van der Waals surface area (Å²) in [4.78, 5) is 6.75. The maximum atomic E-state index is 11.4. The monoisotopic (exact) mass is 397 g/mol. The molecule has 1 aromatic carbocycles. The molecule has 0 saturated carbocycles. The first-order chi connectivity index (χ1) is 12.5. The highest BCUT2D eigenvalue weighted by molar-refractivity contribution is 7.90. The Morgan fingerprint density at radius 2 is 1.96 bits per heavy atom. The third-order valence-corrected chi connectivity index (χ3v) is 5.23. The second-order valence-corrected chi connectivity index (χ2v) is 10.0. The van der Waals surface area contributed by atoms with Crippen molar-refractivity contribution in [3.63, 3.8) is 0 Å². The van der Waals surface area contributed by atoms with Crippen molar-refractivity contribution in [3.8, 4) is 5.75 Å². The first-order valence-corrected chi connectivity index (χ1v) is 11.5. The molecule has 6 nitrogen and oxygen atoms in total. The van der Waals surface area contributed by atoms with Crippen LogP contribution in [-0.2, 0) is 9.84 Å². The van der Waals surface area contributed by atoms with Crippen molar-refractivity contribution < 1.29 is 13.2 Å². The molecule has 1 rings (SSSR count). The molecule has 0 heterocycles. The number of aliphatic imine (C=N–C) groups is 1. The molecule has 0 aliphatic rings. The Hall–Kier alpha value is -1.76. The first kappa shape index (κ1) is 23.3. The van der Waals surface area contributed by atoms with E-state index in [1.165, 1.54) is 6.26 Å². The van der Waals surface area contributed by atoms with Crippen LogP contribution in [-0.4, -0.2) is 64.6 Å². The molecule has 1 N–H and O–H groups in total. The molecule has 0 radical (unpaired) electrons. The lowest BCUT2D eigenvalue weighted by molar-refractivity contribution is 0.279. The van der Waals surface area contributed by atoms with Gasteiger partial charge in [0.25, 0.3) is 0 Å². The van der Waals surface area contributed by atoms with Gasteiger partial charge in [-0.05, 0) is 37.3 Å². The van der Waals surface area contributed by atoms with Crippen LogP contribution in [0.3, 0.4) is 0 Å². The van der Waals surface area contributed by atoms with Gasteiger partial charge in [0.05, 0.1) is 12.3 Å². The van der Waals surface area contributed by atoms with E-state index in [0.717, 1.165) is 23.8 Å². The number of nitrogens with zero attached hydrogens (tertiary/aromatic N) is 2. The average Bonchev–Trinajstić information content (AvgIpc) is 2.58. The zero-order valence-electron chi connectivity index (χ0n) is 17.6. The van der Waals surface area contributed by atoms with Crippen LogP contribution in [0.4, 0.5) is 0 Å². The Kier molecular flexibility index (Phi) is 9.09. The maximum Gasteiger partial charge on any atom is 0.193 e. The highest BCUT2D eigenvalue weighted by Gasteiger charge is 2.20. The second-order valence-electron chi connectivity index (χ2n) is 7.75. The molecule has 154 valence electrons. The molecule has 1 aromatic rings. The first-order valence-electron chi connectivity index (χ1n) is 9.40. The molecule has 0 saturated heterocycles. The number of benzene rings is 1. The Labute approximate surface area is 164 Å². The summed E-state index contributed by atoms with van der Waals surface area (Å²) in [6, 6.07) is 7.97. The predicted molar refractivity (Wildman–Crippen MR) is 113 cm³/mol. The highest BCUT2D eigenvalue weighted by Crippen LogP contribution is 2.21. The molecular weight excluding hydrogens is 362 g/mol. The number of hydrogen-bond donors (Lipinski definition) is 1. The van der Waals surface area contributed by atoms with Crippen molar-refractivity contribution in [1.82, 2.24) is 10.2 Å². The minimum Gasteiger partial charge on any atom is -0.491 e. The third kappa shape index (κ3) is 9.65. The van der Waals surface area contributed by atoms with Gasteiger partial charge >= 0.3 is 0 Å². The summed E-state index contributed by atoms with van der Waals surface area (Å²) in [6.45, 7) is 10.7. The average molecular weight is 398 g/mol. The second kappa shape index (κ2) is 10.5. The van der Waals surface area contributed by atoms with Gasteiger partial charge < -0.3 is 15.0 Å². The van der Waals surface area contributed by atoms with Crippen LogP contribution in [0.5, 0.6) is 5.75 Å². The molecule has 0 aliphatic heterocycles. The van der Waals surface area contributed by atoms with Gasteiger partial charge in [0.2, 0.25) is 0 Å². The van der Waals surface area contributed by atoms with E-state index in [1.807, 2.05) is 63.9 Å². The number of para-hydroxylation sites is 1. The van der Waals surface area contributed by atoms with Crippen LogP contribution in [0.2, 0.25) is 0 Å². The summed E-state index contributed by atoms with van der Waals surface area (Å²) >= 11 is 0. The summed E-state index contributed by atoms with van der Waals surface area (Å²) in [6.07, 6.45) is 1.87. The zero-order chi connectivity index (χ0) is 20.5. The quantitative estimate of drug-likeness (QED) is 0.485. The summed E-state index contributed by atoms with van der Waals surface area (Å²) in [5.74, 6) is 1.89. The number of guanidine groups is 1. The van der Waals surface area contributed by atoms with Crippen molar-refractivity contribution in [3.05, 3.63) is 29.8 Å². The number of sulfone groups is 1. The fourth-order valence-electron chi connectivity index (χ4n) is 2.42. The lowest BCUT2D eigenvalue weighted by Gasteiger charge is -2.26. The van der Waals surface area contributed by atoms with Crippen molar-refractivity contribution in [2.24, 2.45) is 10.4 Å². The van der Waals surface area contributed by atoms with Gasteiger partial charge in [-0.3, -0.25) is 4.99 Å². The molecule has 0 aromatic heterocycles. The van der Waals surface area contributed by atoms with Gasteiger partial charge in [-0.15, -0.1) is 0 Å². The van der Waals surface area contributed by atoms with Gasteiger partial charge in [-0.25, -0.2) is 8.42 Å². The Bertz CT molecular complexity index is 715. The van der Waals surface area contributed by atoms with Crippen molar-refractivity contribution in [2.75, 3.05) is 45.3 Å². The number of ether oxygens (including phenoxy) is 1. The summed E-state index contributed by atoms with van der Waals surface area (Å²) in [5, 5.41) is 3.29. The van der Waals surface area contributed by atoms with Crippen molar-refractivity contribution >= 4 is 15.8 Å². The molecule has 0 amide bonds. The van der Waals surface area contributed by atoms with Crippen molar-refractivity contribution in [1.29, 1.82) is 0 Å². The van der Waals surface area contributed by atoms with Crippen LogP contribution in [0.25, 0.3) is 0 Å². The van der Waals surface area contributed by atoms with Crippen LogP contribution in [0.1, 0.15) is 32.8 Å². The van der Waals surface area contributed by atoms with E-state index >= 15 is 0 Å². The minimum atomic E-state index is -2.96. The number of hydrogen-bond acceptors (Lipinski definition) is 4. The molecule has 7 heteroatoms. The molecule has 0 bridgehead atoms. The zero-order valence-corrected chi connectivity index (χ0v) is 18.4. The largest absolute Gasteiger partial charge is 0.491 e. The number of aryl methyl sites for hydroxylation is 1. The Morgan fingerprint density at radius 3 is 2.56 bits per heavy atom. The molecule has 0 spiro atoms. The lowest BCUT2D eigenvalue weighted by atomic mass is 9.90. The smallest absolute Gasteiger partial charge is 0.193 e. The molecule has 0 aliphatic carbocycles. The SMILES string of the molecule is CCNC(=NCC(C)(C)CCS(C)(=O)=O)N(C)CCOc1ccccc1C. The topological polar surface area (TPSA) is 71.0 Å². The Morgan fingerprint density at radius 1 is 1.30 bits per heavy atom. The van der Waals surface area contributed by atoms with E-state index < -0.39 is 9.84 Å². The molecule has 0 unspecified atom stereocenters. The molecule has 27 heavy (non-hydrogen) atoms. The van der Waals surface area contributed by atoms with Gasteiger partial charge in [0.15, 0.2) is 5.96 Å². The van der Waals surface area contributed by atoms with Crippen LogP contribution in [0, 0.1) is 12.3 Å². The third-order valence-electron chi connectivity index (χ3n) is 4.28. The fraction of sp³-hybridized carbons (Fsp3) is 0.650.